The summed E-state index contributed by atoms with van der Waals surface area (Å²) in [6, 6.07) is 13.4. The minimum atomic E-state index is -3.76. The summed E-state index contributed by atoms with van der Waals surface area (Å²) in [5.41, 5.74) is 5.04. The van der Waals surface area contributed by atoms with Gasteiger partial charge in [-0.05, 0) is 80.3 Å². The Balaban J connectivity index is 1.36. The van der Waals surface area contributed by atoms with E-state index >= 15 is 0 Å². The normalized spacial score (nSPS) is 18.0. The van der Waals surface area contributed by atoms with Crippen molar-refractivity contribution < 1.29 is 31.8 Å². The van der Waals surface area contributed by atoms with Gasteiger partial charge in [-0.25, -0.2) is 17.6 Å². The van der Waals surface area contributed by atoms with E-state index in [0.29, 0.717) is 74.2 Å². The molecule has 1 fully saturated rings. The lowest BCUT2D eigenvalue weighted by Gasteiger charge is -2.31. The second-order valence-electron chi connectivity index (χ2n) is 14.2. The molecule has 0 bridgehead atoms. The van der Waals surface area contributed by atoms with Gasteiger partial charge in [0.05, 0.1) is 54.5 Å². The van der Waals surface area contributed by atoms with Crippen molar-refractivity contribution in [1.29, 1.82) is 0 Å². The Labute approximate surface area is 326 Å². The summed E-state index contributed by atoms with van der Waals surface area (Å²) in [5.74, 6) is -0.251. The van der Waals surface area contributed by atoms with E-state index in [0.717, 1.165) is 57.1 Å². The average molecular weight is 794 g/mol. The monoisotopic (exact) mass is 793 g/mol. The summed E-state index contributed by atoms with van der Waals surface area (Å²) < 4.78 is 65.0. The Bertz CT molecular complexity index is 2320. The SMILES string of the molecule is CCOC(=O)c1c(CCCOc2cccc3cc(F)ccc23)c2ccc(Cl)c3c2n1CCCS(=O)(=O)N(C)C(CCN1CCOCC1)c1nn(C)c(CC)c1-3. The molecule has 0 N–H and O–H groups in total. The number of fused-ring (bicyclic) bond motifs is 3. The van der Waals surface area contributed by atoms with E-state index < -0.39 is 22.0 Å². The number of carbonyl (C=O) groups excluding carboxylic acids is 1. The quantitative estimate of drug-likeness (QED) is 0.102. The number of carbonyl (C=O) groups is 1. The lowest BCUT2D eigenvalue weighted by Crippen LogP contribution is -2.40. The number of nitrogens with zero attached hydrogens (tertiary/aromatic N) is 5. The van der Waals surface area contributed by atoms with E-state index in [9.17, 15) is 17.6 Å². The van der Waals surface area contributed by atoms with Crippen molar-refractivity contribution in [3.8, 4) is 16.9 Å². The van der Waals surface area contributed by atoms with E-state index in [2.05, 4.69) is 11.8 Å². The number of morpholine rings is 1. The molecule has 0 aliphatic carbocycles. The smallest absolute Gasteiger partial charge is 0.355 e. The fourth-order valence-electron chi connectivity index (χ4n) is 8.28. The molecule has 2 aromatic heterocycles. The van der Waals surface area contributed by atoms with Gasteiger partial charge in [0.1, 0.15) is 17.3 Å². The van der Waals surface area contributed by atoms with Crippen LogP contribution in [0.1, 0.15) is 66.6 Å². The van der Waals surface area contributed by atoms with Crippen molar-refractivity contribution in [1.82, 2.24) is 23.6 Å². The molecule has 1 atom stereocenters. The van der Waals surface area contributed by atoms with Crippen molar-refractivity contribution in [3.05, 3.63) is 82.0 Å². The minimum Gasteiger partial charge on any atom is -0.493 e. The number of hydrogen-bond donors (Lipinski definition) is 0. The van der Waals surface area contributed by atoms with Gasteiger partial charge < -0.3 is 18.8 Å². The van der Waals surface area contributed by atoms with Crippen LogP contribution >= 0.6 is 11.6 Å². The number of halogens is 2. The number of aryl methyl sites for hydroxylation is 3. The Hall–Kier alpha value is -4.01. The lowest BCUT2D eigenvalue weighted by molar-refractivity contribution is 0.0351. The first-order valence-electron chi connectivity index (χ1n) is 19.2. The maximum atomic E-state index is 14.2. The molecule has 0 radical (unpaired) electrons. The van der Waals surface area contributed by atoms with Crippen LogP contribution in [-0.4, -0.2) is 96.8 Å². The van der Waals surface area contributed by atoms with Gasteiger partial charge in [-0.1, -0.05) is 36.7 Å². The molecule has 0 amide bonds. The Kier molecular flexibility index (Phi) is 11.8. The Morgan fingerprint density at radius 1 is 1.04 bits per heavy atom. The van der Waals surface area contributed by atoms with E-state index in [1.54, 1.807) is 20.0 Å². The third-order valence-electron chi connectivity index (χ3n) is 11.0. The molecule has 14 heteroatoms. The molecule has 55 heavy (non-hydrogen) atoms. The highest BCUT2D eigenvalue weighted by Gasteiger charge is 2.37. The molecule has 7 rings (SSSR count). The van der Waals surface area contributed by atoms with Gasteiger partial charge in [-0.2, -0.15) is 9.40 Å². The lowest BCUT2D eigenvalue weighted by atomic mass is 9.94. The van der Waals surface area contributed by atoms with Crippen LogP contribution in [-0.2, 0) is 45.9 Å². The van der Waals surface area contributed by atoms with Crippen LogP contribution in [0.25, 0.3) is 32.8 Å². The number of benzene rings is 3. The number of aromatic nitrogens is 3. The molecule has 3 aromatic carbocycles. The number of rotatable bonds is 11. The largest absolute Gasteiger partial charge is 0.493 e. The van der Waals surface area contributed by atoms with Gasteiger partial charge in [0.2, 0.25) is 10.0 Å². The molecule has 0 saturated carbocycles. The zero-order valence-electron chi connectivity index (χ0n) is 31.9. The first-order chi connectivity index (χ1) is 26.5. The van der Waals surface area contributed by atoms with E-state index in [1.807, 2.05) is 46.6 Å². The predicted molar refractivity (Wildman–Crippen MR) is 213 cm³/mol. The maximum Gasteiger partial charge on any atom is 0.355 e. The average Bonchev–Trinajstić information content (AvgIpc) is 3.66. The molecular formula is C41H49ClFN5O6S. The van der Waals surface area contributed by atoms with Gasteiger partial charge in [0.15, 0.2) is 0 Å². The topological polar surface area (TPSA) is 108 Å². The summed E-state index contributed by atoms with van der Waals surface area (Å²) in [4.78, 5) is 16.3. The summed E-state index contributed by atoms with van der Waals surface area (Å²) in [5, 5.41) is 7.97. The summed E-state index contributed by atoms with van der Waals surface area (Å²) in [7, 11) is -0.210. The van der Waals surface area contributed by atoms with Gasteiger partial charge in [-0.15, -0.1) is 0 Å². The third-order valence-corrected chi connectivity index (χ3v) is 13.2. The zero-order valence-corrected chi connectivity index (χ0v) is 33.5. The third kappa shape index (κ3) is 7.74. The van der Waals surface area contributed by atoms with E-state index in [4.69, 9.17) is 30.9 Å². The molecular weight excluding hydrogens is 745 g/mol. The van der Waals surface area contributed by atoms with Crippen LogP contribution in [0.15, 0.2) is 48.5 Å². The predicted octanol–water partition coefficient (Wildman–Crippen LogP) is 7.17. The second kappa shape index (κ2) is 16.6. The van der Waals surface area contributed by atoms with Crippen LogP contribution in [0.2, 0.25) is 5.02 Å². The highest BCUT2D eigenvalue weighted by atomic mass is 35.5. The van der Waals surface area contributed by atoms with Crippen molar-refractivity contribution in [2.24, 2.45) is 7.05 Å². The molecule has 11 nitrogen and oxygen atoms in total. The number of hydrogen-bond acceptors (Lipinski definition) is 8. The van der Waals surface area contributed by atoms with Gasteiger partial charge in [-0.3, -0.25) is 9.58 Å². The van der Waals surface area contributed by atoms with Crippen molar-refractivity contribution in [2.45, 2.75) is 58.5 Å². The van der Waals surface area contributed by atoms with E-state index in [1.165, 1.54) is 16.4 Å². The van der Waals surface area contributed by atoms with Crippen molar-refractivity contribution >= 4 is 49.3 Å². The minimum absolute atomic E-state index is 0.115. The van der Waals surface area contributed by atoms with Crippen LogP contribution in [0.4, 0.5) is 4.39 Å². The maximum absolute atomic E-state index is 14.2. The van der Waals surface area contributed by atoms with Crippen LogP contribution < -0.4 is 4.74 Å². The van der Waals surface area contributed by atoms with Gasteiger partial charge in [0, 0.05) is 67.9 Å². The summed E-state index contributed by atoms with van der Waals surface area (Å²) in [6.07, 6.45) is 2.45. The van der Waals surface area contributed by atoms with Gasteiger partial charge >= 0.3 is 5.97 Å². The number of esters is 1. The highest BCUT2D eigenvalue weighted by Crippen LogP contribution is 2.46. The van der Waals surface area contributed by atoms with Crippen LogP contribution in [0.5, 0.6) is 5.75 Å². The molecule has 0 spiro atoms. The summed E-state index contributed by atoms with van der Waals surface area (Å²) >= 11 is 7.27. The van der Waals surface area contributed by atoms with E-state index in [-0.39, 0.29) is 31.1 Å². The van der Waals surface area contributed by atoms with Crippen molar-refractivity contribution in [2.75, 3.05) is 58.9 Å². The van der Waals surface area contributed by atoms with Gasteiger partial charge in [0.25, 0.3) is 0 Å². The highest BCUT2D eigenvalue weighted by molar-refractivity contribution is 7.89. The first kappa shape index (κ1) is 39.2. The summed E-state index contributed by atoms with van der Waals surface area (Å²) in [6.45, 7) is 8.12. The second-order valence-corrected chi connectivity index (χ2v) is 16.8. The number of ether oxygens (including phenoxy) is 3. The van der Waals surface area contributed by atoms with Crippen molar-refractivity contribution in [3.63, 3.8) is 0 Å². The first-order valence-corrected chi connectivity index (χ1v) is 21.2. The molecule has 1 saturated heterocycles. The molecule has 2 aliphatic heterocycles. The molecule has 294 valence electrons. The zero-order chi connectivity index (χ0) is 38.9. The Morgan fingerprint density at radius 2 is 1.82 bits per heavy atom. The molecule has 2 aliphatic rings. The molecule has 1 unspecified atom stereocenters. The van der Waals surface area contributed by atoms with Crippen LogP contribution in [0.3, 0.4) is 0 Å². The Morgan fingerprint density at radius 3 is 2.58 bits per heavy atom. The molecule has 5 aromatic rings. The molecule has 4 heterocycles. The number of sulfonamides is 1. The fourth-order valence-corrected chi connectivity index (χ4v) is 9.90. The standard InChI is InChI=1S/C41H49ClFN5O6S/c1-5-33-37-36-32(42)16-15-31-30(11-8-22-54-35-12-7-10-27-26-28(43)13-14-29(27)35)40(41(49)53-6-2)48(39(31)36)18-9-25-55(50,51)46(4)34(38(37)44-45(33)3)17-19-47-20-23-52-24-21-47/h7,10,12-16,26,34H,5-6,8-9,11,17-25H2,1-4H3. The van der Waals surface area contributed by atoms with Crippen LogP contribution in [0, 0.1) is 5.82 Å². The fraction of sp³-hybridized carbons (Fsp3) is 0.463.